The van der Waals surface area contributed by atoms with Crippen molar-refractivity contribution in [2.75, 3.05) is 26.1 Å². The number of nitrogens with zero attached hydrogens (tertiary/aromatic N) is 3. The predicted octanol–water partition coefficient (Wildman–Crippen LogP) is 3.55. The molecule has 2 aromatic rings. The summed E-state index contributed by atoms with van der Waals surface area (Å²) in [5.41, 5.74) is 1.18. The van der Waals surface area contributed by atoms with E-state index in [-0.39, 0.29) is 6.10 Å². The lowest BCUT2D eigenvalue weighted by molar-refractivity contribution is 0.0135. The van der Waals surface area contributed by atoms with Crippen molar-refractivity contribution in [3.05, 3.63) is 53.6 Å². The van der Waals surface area contributed by atoms with Crippen LogP contribution in [0.5, 0.6) is 0 Å². The molecule has 0 unspecified atom stereocenters. The molecule has 0 N–H and O–H groups in total. The van der Waals surface area contributed by atoms with E-state index >= 15 is 0 Å². The van der Waals surface area contributed by atoms with Gasteiger partial charge in [-0.05, 0) is 35.9 Å². The molecule has 1 heterocycles. The molecular weight excluding hydrogens is 346 g/mol. The van der Waals surface area contributed by atoms with Gasteiger partial charge in [-0.2, -0.15) is 5.26 Å². The number of thiocyanates is 1. The van der Waals surface area contributed by atoms with Crippen molar-refractivity contribution in [1.29, 1.82) is 5.26 Å². The van der Waals surface area contributed by atoms with E-state index in [4.69, 9.17) is 26.3 Å². The summed E-state index contributed by atoms with van der Waals surface area (Å²) in [7, 11) is 3.57. The lowest BCUT2D eigenvalue weighted by Crippen LogP contribution is -2.23. The molecule has 0 aliphatic carbocycles. The third-order valence-electron chi connectivity index (χ3n) is 2.98. The number of methoxy groups -OCH3 is 1. The van der Waals surface area contributed by atoms with Gasteiger partial charge in [0.25, 0.3) is 0 Å². The Balaban J connectivity index is 0.000000400. The Labute approximate surface area is 152 Å². The molecule has 0 radical (unpaired) electrons. The van der Waals surface area contributed by atoms with Crippen LogP contribution in [0.15, 0.2) is 43.0 Å². The Morgan fingerprint density at radius 1 is 1.38 bits per heavy atom. The summed E-state index contributed by atoms with van der Waals surface area (Å²) < 4.78 is 12.6. The van der Waals surface area contributed by atoms with Gasteiger partial charge in [0.2, 0.25) is 0 Å². The molecule has 1 atom stereocenters. The van der Waals surface area contributed by atoms with Gasteiger partial charge in [0.1, 0.15) is 5.40 Å². The van der Waals surface area contributed by atoms with Gasteiger partial charge in [0.05, 0.1) is 25.6 Å². The minimum atomic E-state index is -0.0352. The van der Waals surface area contributed by atoms with E-state index in [2.05, 4.69) is 4.98 Å². The van der Waals surface area contributed by atoms with Crippen LogP contribution in [0, 0.1) is 10.7 Å². The second kappa shape index (κ2) is 12.8. The minimum absolute atomic E-state index is 0.0352. The number of thioether (sulfide) groups is 1. The summed E-state index contributed by atoms with van der Waals surface area (Å²) in [6.45, 7) is 1.12. The monoisotopic (exact) mass is 367 g/mol. The Kier molecular flexibility index (Phi) is 11.0. The molecule has 5 nitrogen and oxygen atoms in total. The number of aryl methyl sites for hydroxylation is 1. The van der Waals surface area contributed by atoms with E-state index in [1.807, 2.05) is 47.5 Å². The van der Waals surface area contributed by atoms with Crippen LogP contribution in [-0.4, -0.2) is 41.7 Å². The number of hydrogen-bond acceptors (Lipinski definition) is 5. The maximum absolute atomic E-state index is 8.52. The fourth-order valence-corrected chi connectivity index (χ4v) is 2.36. The molecule has 130 valence electrons. The number of rotatable bonds is 8. The zero-order valence-corrected chi connectivity index (χ0v) is 15.5. The topological polar surface area (TPSA) is 60.1 Å². The van der Waals surface area contributed by atoms with Gasteiger partial charge in [-0.15, -0.1) is 0 Å². The third kappa shape index (κ3) is 9.58. The standard InChI is InChI=1S/C13H16ClNO2S.C4H6N2/c1-16-8-13(9-18-10-15)17-7-6-11-2-4-12(14)5-3-11;1-6-3-2-5-4-6/h2-5,13H,6-9H2,1H3;2-4H,1H3/t13-;/m0./s1. The van der Waals surface area contributed by atoms with E-state index in [1.54, 1.807) is 19.6 Å². The van der Waals surface area contributed by atoms with Crippen molar-refractivity contribution < 1.29 is 9.47 Å². The van der Waals surface area contributed by atoms with Crippen molar-refractivity contribution in [3.63, 3.8) is 0 Å². The fraction of sp³-hybridized carbons (Fsp3) is 0.412. The van der Waals surface area contributed by atoms with Gasteiger partial charge in [-0.25, -0.2) is 4.98 Å². The molecule has 1 aromatic carbocycles. The Morgan fingerprint density at radius 3 is 2.62 bits per heavy atom. The highest BCUT2D eigenvalue weighted by Crippen LogP contribution is 2.11. The van der Waals surface area contributed by atoms with Crippen LogP contribution in [0.3, 0.4) is 0 Å². The first-order chi connectivity index (χ1) is 11.7. The fourth-order valence-electron chi connectivity index (χ4n) is 1.78. The van der Waals surface area contributed by atoms with E-state index < -0.39 is 0 Å². The number of nitriles is 1. The first kappa shape index (κ1) is 20.5. The van der Waals surface area contributed by atoms with Crippen molar-refractivity contribution in [3.8, 4) is 5.40 Å². The van der Waals surface area contributed by atoms with Crippen LogP contribution < -0.4 is 0 Å². The molecule has 0 spiro atoms. The first-order valence-electron chi connectivity index (χ1n) is 7.43. The quantitative estimate of drug-likeness (QED) is 0.668. The molecule has 2 rings (SSSR count). The number of ether oxygens (including phenoxy) is 2. The zero-order chi connectivity index (χ0) is 17.6. The number of aromatic nitrogens is 2. The van der Waals surface area contributed by atoms with Gasteiger partial charge >= 0.3 is 0 Å². The SMILES string of the molecule is COC[C@@H](CSC#N)OCCc1ccc(Cl)cc1.Cn1ccnc1. The van der Waals surface area contributed by atoms with E-state index in [0.29, 0.717) is 19.0 Å². The third-order valence-corrected chi connectivity index (χ3v) is 3.90. The minimum Gasteiger partial charge on any atom is -0.382 e. The largest absolute Gasteiger partial charge is 0.382 e. The average molecular weight is 368 g/mol. The predicted molar refractivity (Wildman–Crippen MR) is 98.1 cm³/mol. The summed E-state index contributed by atoms with van der Waals surface area (Å²) in [5, 5.41) is 11.3. The second-order valence-electron chi connectivity index (χ2n) is 4.96. The highest BCUT2D eigenvalue weighted by molar-refractivity contribution is 8.03. The average Bonchev–Trinajstić information content (AvgIpc) is 3.06. The number of halogens is 1. The zero-order valence-electron chi connectivity index (χ0n) is 13.9. The van der Waals surface area contributed by atoms with Crippen molar-refractivity contribution in [2.45, 2.75) is 12.5 Å². The second-order valence-corrected chi connectivity index (χ2v) is 6.20. The summed E-state index contributed by atoms with van der Waals surface area (Å²) in [6, 6.07) is 7.71. The summed E-state index contributed by atoms with van der Waals surface area (Å²) >= 11 is 7.00. The molecule has 0 amide bonds. The van der Waals surface area contributed by atoms with E-state index in [0.717, 1.165) is 11.4 Å². The van der Waals surface area contributed by atoms with Gasteiger partial charge in [0.15, 0.2) is 0 Å². The molecule has 0 fully saturated rings. The van der Waals surface area contributed by atoms with Crippen LogP contribution in [0.4, 0.5) is 0 Å². The maximum atomic E-state index is 8.52. The first-order valence-corrected chi connectivity index (χ1v) is 8.80. The molecule has 24 heavy (non-hydrogen) atoms. The lowest BCUT2D eigenvalue weighted by Gasteiger charge is -2.15. The van der Waals surface area contributed by atoms with Gasteiger partial charge in [-0.1, -0.05) is 23.7 Å². The van der Waals surface area contributed by atoms with Gasteiger partial charge in [-0.3, -0.25) is 0 Å². The smallest absolute Gasteiger partial charge is 0.133 e. The number of hydrogen-bond donors (Lipinski definition) is 0. The van der Waals surface area contributed by atoms with Crippen LogP contribution in [0.1, 0.15) is 5.56 Å². The number of benzene rings is 1. The van der Waals surface area contributed by atoms with Crippen LogP contribution in [0.25, 0.3) is 0 Å². The summed E-state index contributed by atoms with van der Waals surface area (Å²) in [5.74, 6) is 0.630. The number of imidazole rings is 1. The molecule has 7 heteroatoms. The molecule has 0 aliphatic rings. The molecule has 0 saturated heterocycles. The normalized spacial score (nSPS) is 11.2. The summed E-state index contributed by atoms with van der Waals surface area (Å²) in [6.07, 6.45) is 6.18. The van der Waals surface area contributed by atoms with Crippen molar-refractivity contribution >= 4 is 23.4 Å². The molecule has 0 bridgehead atoms. The molecule has 1 aromatic heterocycles. The highest BCUT2D eigenvalue weighted by atomic mass is 35.5. The van der Waals surface area contributed by atoms with Gasteiger partial charge in [0, 0.05) is 37.3 Å². The van der Waals surface area contributed by atoms with Crippen molar-refractivity contribution in [1.82, 2.24) is 9.55 Å². The Morgan fingerprint density at radius 2 is 2.12 bits per heavy atom. The molecular formula is C17H22ClN3O2S. The van der Waals surface area contributed by atoms with Gasteiger partial charge < -0.3 is 14.0 Å². The van der Waals surface area contributed by atoms with Crippen molar-refractivity contribution in [2.24, 2.45) is 7.05 Å². The molecule has 0 aliphatic heterocycles. The summed E-state index contributed by atoms with van der Waals surface area (Å²) in [4.78, 5) is 3.78. The maximum Gasteiger partial charge on any atom is 0.133 e. The van der Waals surface area contributed by atoms with Crippen LogP contribution >= 0.6 is 23.4 Å². The Hall–Kier alpha value is -1.52. The lowest BCUT2D eigenvalue weighted by atomic mass is 10.2. The Bertz CT molecular complexity index is 585. The van der Waals surface area contributed by atoms with E-state index in [9.17, 15) is 0 Å². The highest BCUT2D eigenvalue weighted by Gasteiger charge is 2.08. The van der Waals surface area contributed by atoms with E-state index in [1.165, 1.54) is 17.3 Å². The van der Waals surface area contributed by atoms with Crippen LogP contribution in [-0.2, 0) is 22.9 Å². The van der Waals surface area contributed by atoms with Crippen LogP contribution in [0.2, 0.25) is 5.02 Å². The molecule has 0 saturated carbocycles.